The number of ether oxygens (including phenoxy) is 1. The van der Waals surface area contributed by atoms with Crippen LogP contribution in [0, 0.1) is 0 Å². The van der Waals surface area contributed by atoms with Crippen LogP contribution in [0.4, 0.5) is 10.8 Å². The van der Waals surface area contributed by atoms with Crippen LogP contribution in [0.1, 0.15) is 17.3 Å². The predicted molar refractivity (Wildman–Crippen MR) is 122 cm³/mol. The number of carbonyl (C=O) groups is 1. The highest BCUT2D eigenvalue weighted by atomic mass is 32.2. The zero-order valence-corrected chi connectivity index (χ0v) is 18.2. The molecule has 158 valence electrons. The van der Waals surface area contributed by atoms with Crippen molar-refractivity contribution in [1.82, 2.24) is 4.98 Å². The van der Waals surface area contributed by atoms with E-state index in [-0.39, 0.29) is 16.1 Å². The van der Waals surface area contributed by atoms with E-state index in [2.05, 4.69) is 15.0 Å². The number of carbonyl (C=O) groups excluding carboxylic acids is 1. The molecule has 1 aromatic heterocycles. The summed E-state index contributed by atoms with van der Waals surface area (Å²) in [5.74, 6) is 0.271. The summed E-state index contributed by atoms with van der Waals surface area (Å²) in [7, 11) is -3.83. The van der Waals surface area contributed by atoms with Crippen molar-refractivity contribution in [3.05, 3.63) is 78.4 Å². The highest BCUT2D eigenvalue weighted by molar-refractivity contribution is 7.92. The lowest BCUT2D eigenvalue weighted by Crippen LogP contribution is -2.18. The first-order valence-electron chi connectivity index (χ1n) is 9.48. The topological polar surface area (TPSA) is 97.4 Å². The fraction of sp³-hybridized carbons (Fsp3) is 0.0909. The summed E-state index contributed by atoms with van der Waals surface area (Å²) in [6.07, 6.45) is 0. The molecule has 4 aromatic rings. The second-order valence-corrected chi connectivity index (χ2v) is 9.21. The number of amides is 1. The van der Waals surface area contributed by atoms with Gasteiger partial charge in [-0.15, -0.1) is 0 Å². The Kier molecular flexibility index (Phi) is 5.88. The second-order valence-electron chi connectivity index (χ2n) is 6.50. The van der Waals surface area contributed by atoms with Gasteiger partial charge in [-0.2, -0.15) is 0 Å². The second kappa shape index (κ2) is 8.75. The minimum Gasteiger partial charge on any atom is -0.494 e. The number of hydrogen-bond donors (Lipinski definition) is 2. The van der Waals surface area contributed by atoms with Crippen molar-refractivity contribution in [2.24, 2.45) is 0 Å². The lowest BCUT2D eigenvalue weighted by atomic mass is 10.2. The standard InChI is InChI=1S/C22H19N3O4S2/c1-2-29-15-12-13-19-20(14-15)30-22(23-19)24-21(26)17-10-6-7-11-18(17)25-31(27,28)16-8-4-3-5-9-16/h3-14,25H,2H2,1H3,(H,23,24,26). The molecule has 0 saturated heterocycles. The van der Waals surface area contributed by atoms with Crippen molar-refractivity contribution in [3.63, 3.8) is 0 Å². The number of hydrogen-bond acceptors (Lipinski definition) is 6. The van der Waals surface area contributed by atoms with Gasteiger partial charge in [0.1, 0.15) is 5.75 Å². The minimum atomic E-state index is -3.83. The Morgan fingerprint density at radius 3 is 2.55 bits per heavy atom. The molecule has 7 nitrogen and oxygen atoms in total. The van der Waals surface area contributed by atoms with Crippen LogP contribution in [0.25, 0.3) is 10.2 Å². The third kappa shape index (κ3) is 4.68. The molecule has 0 fully saturated rings. The van der Waals surface area contributed by atoms with Crippen molar-refractivity contribution in [2.75, 3.05) is 16.6 Å². The molecule has 0 atom stereocenters. The first kappa shape index (κ1) is 20.8. The summed E-state index contributed by atoms with van der Waals surface area (Å²) in [6.45, 7) is 2.47. The summed E-state index contributed by atoms with van der Waals surface area (Å²) < 4.78 is 34.2. The number of sulfonamides is 1. The van der Waals surface area contributed by atoms with Gasteiger partial charge in [-0.25, -0.2) is 13.4 Å². The summed E-state index contributed by atoms with van der Waals surface area (Å²) in [6, 6.07) is 19.9. The molecule has 1 amide bonds. The van der Waals surface area contributed by atoms with Gasteiger partial charge in [-0.1, -0.05) is 41.7 Å². The molecule has 0 aliphatic heterocycles. The van der Waals surface area contributed by atoms with Crippen LogP contribution >= 0.6 is 11.3 Å². The molecule has 3 aromatic carbocycles. The van der Waals surface area contributed by atoms with E-state index in [1.165, 1.54) is 23.5 Å². The Labute approximate surface area is 183 Å². The number of nitrogens with zero attached hydrogens (tertiary/aromatic N) is 1. The lowest BCUT2D eigenvalue weighted by Gasteiger charge is -2.12. The number of anilines is 2. The predicted octanol–water partition coefficient (Wildman–Crippen LogP) is 4.75. The zero-order chi connectivity index (χ0) is 21.8. The molecular formula is C22H19N3O4S2. The maximum absolute atomic E-state index is 12.9. The first-order chi connectivity index (χ1) is 15.0. The number of aromatic nitrogens is 1. The van der Waals surface area contributed by atoms with Crippen molar-refractivity contribution >= 4 is 48.3 Å². The number of fused-ring (bicyclic) bond motifs is 1. The summed E-state index contributed by atoms with van der Waals surface area (Å²) >= 11 is 1.31. The van der Waals surface area contributed by atoms with Crippen LogP contribution in [0.2, 0.25) is 0 Å². The molecule has 0 radical (unpaired) electrons. The van der Waals surface area contributed by atoms with Crippen LogP contribution in [0.5, 0.6) is 5.75 Å². The van der Waals surface area contributed by atoms with E-state index in [4.69, 9.17) is 4.74 Å². The Hall–Kier alpha value is -3.43. The monoisotopic (exact) mass is 453 g/mol. The highest BCUT2D eigenvalue weighted by Crippen LogP contribution is 2.30. The molecule has 9 heteroatoms. The Balaban J connectivity index is 1.58. The first-order valence-corrected chi connectivity index (χ1v) is 11.8. The number of para-hydroxylation sites is 1. The van der Waals surface area contributed by atoms with Gasteiger partial charge in [-0.3, -0.25) is 14.8 Å². The van der Waals surface area contributed by atoms with Crippen LogP contribution < -0.4 is 14.8 Å². The average molecular weight is 454 g/mol. The number of nitrogens with one attached hydrogen (secondary N) is 2. The van der Waals surface area contributed by atoms with E-state index in [1.807, 2.05) is 25.1 Å². The van der Waals surface area contributed by atoms with Gasteiger partial charge in [-0.05, 0) is 49.4 Å². The van der Waals surface area contributed by atoms with Gasteiger partial charge in [0.25, 0.3) is 15.9 Å². The Morgan fingerprint density at radius 1 is 1.03 bits per heavy atom. The van der Waals surface area contributed by atoms with Crippen molar-refractivity contribution in [2.45, 2.75) is 11.8 Å². The van der Waals surface area contributed by atoms with Gasteiger partial charge < -0.3 is 4.74 Å². The molecule has 0 aliphatic rings. The SMILES string of the molecule is CCOc1ccc2nc(NC(=O)c3ccccc3NS(=O)(=O)c3ccccc3)sc2c1. The van der Waals surface area contributed by atoms with E-state index in [0.29, 0.717) is 11.7 Å². The lowest BCUT2D eigenvalue weighted by molar-refractivity contribution is 0.102. The van der Waals surface area contributed by atoms with Crippen LogP contribution in [0.15, 0.2) is 77.7 Å². The third-order valence-electron chi connectivity index (χ3n) is 4.36. The van der Waals surface area contributed by atoms with Crippen LogP contribution in [-0.4, -0.2) is 25.9 Å². The molecule has 4 rings (SSSR count). The molecule has 0 bridgehead atoms. The number of thiazole rings is 1. The normalized spacial score (nSPS) is 11.3. The van der Waals surface area contributed by atoms with E-state index in [0.717, 1.165) is 16.0 Å². The van der Waals surface area contributed by atoms with E-state index in [9.17, 15) is 13.2 Å². The molecule has 0 saturated carbocycles. The summed E-state index contributed by atoms with van der Waals surface area (Å²) in [4.78, 5) is 17.4. The van der Waals surface area contributed by atoms with Crippen molar-refractivity contribution < 1.29 is 17.9 Å². The van der Waals surface area contributed by atoms with Gasteiger partial charge in [0.2, 0.25) is 0 Å². The summed E-state index contributed by atoms with van der Waals surface area (Å²) in [5.41, 5.74) is 1.11. The molecule has 1 heterocycles. The van der Waals surface area contributed by atoms with Crippen LogP contribution in [-0.2, 0) is 10.0 Å². The third-order valence-corrected chi connectivity index (χ3v) is 6.68. The highest BCUT2D eigenvalue weighted by Gasteiger charge is 2.19. The minimum absolute atomic E-state index is 0.112. The molecule has 0 aliphatic carbocycles. The Bertz CT molecular complexity index is 1340. The quantitative estimate of drug-likeness (QED) is 0.421. The Morgan fingerprint density at radius 2 is 1.77 bits per heavy atom. The largest absolute Gasteiger partial charge is 0.494 e. The van der Waals surface area contributed by atoms with Crippen molar-refractivity contribution in [1.29, 1.82) is 0 Å². The molecular weight excluding hydrogens is 434 g/mol. The van der Waals surface area contributed by atoms with Gasteiger partial charge in [0, 0.05) is 0 Å². The smallest absolute Gasteiger partial charge is 0.261 e. The van der Waals surface area contributed by atoms with Crippen molar-refractivity contribution in [3.8, 4) is 5.75 Å². The van der Waals surface area contributed by atoms with E-state index >= 15 is 0 Å². The number of benzene rings is 3. The molecule has 0 spiro atoms. The molecule has 0 unspecified atom stereocenters. The molecule has 31 heavy (non-hydrogen) atoms. The van der Waals surface area contributed by atoms with Crippen LogP contribution in [0.3, 0.4) is 0 Å². The zero-order valence-electron chi connectivity index (χ0n) is 16.5. The molecule has 2 N–H and O–H groups in total. The van der Waals surface area contributed by atoms with Gasteiger partial charge >= 0.3 is 0 Å². The fourth-order valence-corrected chi connectivity index (χ4v) is 4.94. The van der Waals surface area contributed by atoms with Gasteiger partial charge in [0.15, 0.2) is 5.13 Å². The number of rotatable bonds is 7. The van der Waals surface area contributed by atoms with E-state index in [1.54, 1.807) is 42.5 Å². The maximum Gasteiger partial charge on any atom is 0.261 e. The maximum atomic E-state index is 12.9. The van der Waals surface area contributed by atoms with E-state index < -0.39 is 15.9 Å². The average Bonchev–Trinajstić information content (AvgIpc) is 3.16. The fourth-order valence-electron chi connectivity index (χ4n) is 2.95. The summed E-state index contributed by atoms with van der Waals surface area (Å²) in [5, 5.41) is 3.17. The van der Waals surface area contributed by atoms with Gasteiger partial charge in [0.05, 0.1) is 33.0 Å².